The molecule has 4 aliphatic rings. The summed E-state index contributed by atoms with van der Waals surface area (Å²) in [5, 5.41) is 9.00. The summed E-state index contributed by atoms with van der Waals surface area (Å²) < 4.78 is 11.6. The maximum atomic E-state index is 11.0. The number of hydrogen-bond donors (Lipinski definition) is 1. The Kier molecular flexibility index (Phi) is 3.26. The first-order chi connectivity index (χ1) is 9.49. The number of fused-ring (bicyclic) bond motifs is 2. The van der Waals surface area contributed by atoms with Gasteiger partial charge in [0.05, 0.1) is 6.10 Å². The van der Waals surface area contributed by atoms with Gasteiger partial charge in [-0.15, -0.1) is 0 Å². The lowest BCUT2D eigenvalue weighted by molar-refractivity contribution is -0.220. The highest BCUT2D eigenvalue weighted by Crippen LogP contribution is 2.68. The van der Waals surface area contributed by atoms with Gasteiger partial charge in [-0.25, -0.2) is 4.79 Å². The van der Waals surface area contributed by atoms with Gasteiger partial charge in [-0.3, -0.25) is 0 Å². The number of rotatable bonds is 3. The van der Waals surface area contributed by atoms with Crippen LogP contribution in [-0.2, 0) is 14.3 Å². The third-order valence-corrected chi connectivity index (χ3v) is 5.52. The average molecular weight is 278 g/mol. The molecule has 1 aliphatic heterocycles. The van der Waals surface area contributed by atoms with E-state index in [1.165, 1.54) is 12.0 Å². The molecule has 110 valence electrons. The van der Waals surface area contributed by atoms with Crippen molar-refractivity contribution < 1.29 is 19.4 Å². The smallest absolute Gasteiger partial charge is 0.331 e. The molecular formula is C16H22O4. The molecule has 3 unspecified atom stereocenters. The van der Waals surface area contributed by atoms with Crippen molar-refractivity contribution in [1.29, 1.82) is 0 Å². The molecule has 4 nitrogen and oxygen atoms in total. The molecule has 3 aliphatic carbocycles. The number of allylic oxidation sites excluding steroid dienone is 1. The van der Waals surface area contributed by atoms with Gasteiger partial charge in [-0.05, 0) is 50.5 Å². The number of ether oxygens (including phenoxy) is 2. The topological polar surface area (TPSA) is 55.8 Å². The summed E-state index contributed by atoms with van der Waals surface area (Å²) in [7, 11) is 1.68. The van der Waals surface area contributed by atoms with Crippen LogP contribution in [0.3, 0.4) is 0 Å². The van der Waals surface area contributed by atoms with Gasteiger partial charge in [0, 0.05) is 18.1 Å². The van der Waals surface area contributed by atoms with Gasteiger partial charge in [0.1, 0.15) is 0 Å². The normalized spacial score (nSPS) is 43.7. The number of carboxylic acids is 1. The van der Waals surface area contributed by atoms with Gasteiger partial charge in [0.2, 0.25) is 0 Å². The predicted octanol–water partition coefficient (Wildman–Crippen LogP) is 2.75. The molecule has 0 aromatic rings. The molecule has 4 rings (SSSR count). The van der Waals surface area contributed by atoms with Crippen molar-refractivity contribution >= 4 is 5.97 Å². The zero-order valence-corrected chi connectivity index (χ0v) is 12.1. The van der Waals surface area contributed by atoms with Crippen LogP contribution in [0.25, 0.3) is 0 Å². The molecule has 1 heterocycles. The molecule has 3 saturated carbocycles. The second-order valence-electron chi connectivity index (χ2n) is 6.40. The second kappa shape index (κ2) is 4.71. The summed E-state index contributed by atoms with van der Waals surface area (Å²) in [4.78, 5) is 11.0. The van der Waals surface area contributed by atoms with E-state index in [4.69, 9.17) is 14.6 Å². The summed E-state index contributed by atoms with van der Waals surface area (Å²) >= 11 is 0. The van der Waals surface area contributed by atoms with E-state index >= 15 is 0 Å². The monoisotopic (exact) mass is 278 g/mol. The molecule has 1 saturated heterocycles. The molecule has 0 aromatic heterocycles. The van der Waals surface area contributed by atoms with Gasteiger partial charge < -0.3 is 14.6 Å². The molecule has 1 N–H and O–H groups in total. The van der Waals surface area contributed by atoms with E-state index in [0.717, 1.165) is 19.3 Å². The van der Waals surface area contributed by atoms with Gasteiger partial charge in [-0.2, -0.15) is 0 Å². The fourth-order valence-electron chi connectivity index (χ4n) is 4.48. The van der Waals surface area contributed by atoms with E-state index in [2.05, 4.69) is 6.58 Å². The van der Waals surface area contributed by atoms with Crippen LogP contribution in [0.1, 0.15) is 32.6 Å². The van der Waals surface area contributed by atoms with Crippen molar-refractivity contribution in [3.8, 4) is 0 Å². The first-order valence-corrected chi connectivity index (χ1v) is 7.26. The summed E-state index contributed by atoms with van der Waals surface area (Å²) in [5.74, 6) is 0.225. The minimum atomic E-state index is -0.887. The lowest BCUT2D eigenvalue weighted by Crippen LogP contribution is -2.57. The Bertz CT molecular complexity index is 479. The van der Waals surface area contributed by atoms with Gasteiger partial charge in [0.15, 0.2) is 6.29 Å². The largest absolute Gasteiger partial charge is 0.478 e. The SMILES string of the molecule is C=C1CCC2CC1C21C[C@@H](C=C(C)C(=O)O)O[C@@H]1OC. The van der Waals surface area contributed by atoms with Gasteiger partial charge in [0.25, 0.3) is 0 Å². The van der Waals surface area contributed by atoms with Crippen LogP contribution in [0.15, 0.2) is 23.8 Å². The lowest BCUT2D eigenvalue weighted by Gasteiger charge is -2.60. The first kappa shape index (κ1) is 13.8. The fraction of sp³-hybridized carbons (Fsp3) is 0.688. The fourth-order valence-corrected chi connectivity index (χ4v) is 4.48. The van der Waals surface area contributed by atoms with E-state index in [1.807, 2.05) is 0 Å². The van der Waals surface area contributed by atoms with Crippen molar-refractivity contribution in [2.24, 2.45) is 17.3 Å². The molecule has 20 heavy (non-hydrogen) atoms. The quantitative estimate of drug-likeness (QED) is 0.637. The van der Waals surface area contributed by atoms with Crippen LogP contribution in [0.2, 0.25) is 0 Å². The maximum absolute atomic E-state index is 11.0. The Labute approximate surface area is 119 Å². The first-order valence-electron chi connectivity index (χ1n) is 7.26. The zero-order chi connectivity index (χ0) is 14.5. The van der Waals surface area contributed by atoms with E-state index in [1.54, 1.807) is 20.1 Å². The number of carboxylic acid groups (broad SMARTS) is 1. The summed E-state index contributed by atoms with van der Waals surface area (Å²) in [5.41, 5.74) is 1.69. The summed E-state index contributed by atoms with van der Waals surface area (Å²) in [6, 6.07) is 0. The van der Waals surface area contributed by atoms with E-state index in [9.17, 15) is 4.79 Å². The predicted molar refractivity (Wildman–Crippen MR) is 74.1 cm³/mol. The van der Waals surface area contributed by atoms with Gasteiger partial charge in [-0.1, -0.05) is 12.2 Å². The van der Waals surface area contributed by atoms with Crippen LogP contribution in [-0.4, -0.2) is 30.6 Å². The molecule has 5 atom stereocenters. The Morgan fingerprint density at radius 1 is 1.60 bits per heavy atom. The Hall–Kier alpha value is -1.13. The number of hydrogen-bond acceptors (Lipinski definition) is 3. The zero-order valence-electron chi connectivity index (χ0n) is 12.1. The molecule has 0 radical (unpaired) electrons. The van der Waals surface area contributed by atoms with Crippen molar-refractivity contribution in [2.75, 3.05) is 7.11 Å². The van der Waals surface area contributed by atoms with E-state index in [-0.39, 0.29) is 17.8 Å². The minimum absolute atomic E-state index is 0.0318. The molecule has 1 spiro atoms. The maximum Gasteiger partial charge on any atom is 0.331 e. The lowest BCUT2D eigenvalue weighted by atomic mass is 9.44. The van der Waals surface area contributed by atoms with Crippen LogP contribution in [0.5, 0.6) is 0 Å². The van der Waals surface area contributed by atoms with E-state index < -0.39 is 5.97 Å². The second-order valence-corrected chi connectivity index (χ2v) is 6.40. The Balaban J connectivity index is 1.85. The number of aliphatic carboxylic acids is 1. The highest BCUT2D eigenvalue weighted by molar-refractivity contribution is 5.85. The minimum Gasteiger partial charge on any atom is -0.478 e. The number of carbonyl (C=O) groups is 1. The Morgan fingerprint density at radius 2 is 2.35 bits per heavy atom. The van der Waals surface area contributed by atoms with Crippen molar-refractivity contribution in [3.05, 3.63) is 23.8 Å². The van der Waals surface area contributed by atoms with Crippen LogP contribution < -0.4 is 0 Å². The molecule has 2 bridgehead atoms. The number of methoxy groups -OCH3 is 1. The molecule has 4 fully saturated rings. The van der Waals surface area contributed by atoms with Crippen molar-refractivity contribution in [3.63, 3.8) is 0 Å². The molecular weight excluding hydrogens is 256 g/mol. The molecule has 4 heteroatoms. The average Bonchev–Trinajstić information content (AvgIpc) is 2.79. The van der Waals surface area contributed by atoms with Crippen LogP contribution >= 0.6 is 0 Å². The third-order valence-electron chi connectivity index (χ3n) is 5.52. The van der Waals surface area contributed by atoms with Crippen molar-refractivity contribution in [1.82, 2.24) is 0 Å². The highest BCUT2D eigenvalue weighted by Gasteiger charge is 2.66. The Morgan fingerprint density at radius 3 is 2.90 bits per heavy atom. The van der Waals surface area contributed by atoms with Crippen LogP contribution in [0, 0.1) is 17.3 Å². The summed E-state index contributed by atoms with van der Waals surface area (Å²) in [6.45, 7) is 5.82. The third kappa shape index (κ3) is 1.78. The summed E-state index contributed by atoms with van der Waals surface area (Å²) in [6.07, 6.45) is 5.65. The van der Waals surface area contributed by atoms with Crippen molar-refractivity contribution in [2.45, 2.75) is 45.0 Å². The molecule has 0 amide bonds. The molecule has 0 aromatic carbocycles. The van der Waals surface area contributed by atoms with Crippen LogP contribution in [0.4, 0.5) is 0 Å². The standard InChI is InChI=1S/C16H22O4/c1-9-4-5-11-7-13(9)16(11)8-12(20-15(16)19-3)6-10(2)14(17)18/h6,11-13,15H,1,4-5,7-8H2,2-3H3,(H,17,18)/t11?,12-,13?,15+,16?/m1/s1. The van der Waals surface area contributed by atoms with Gasteiger partial charge >= 0.3 is 5.97 Å². The highest BCUT2D eigenvalue weighted by atomic mass is 16.7. The van der Waals surface area contributed by atoms with E-state index in [0.29, 0.717) is 17.4 Å².